The number of halogens is 4. The summed E-state index contributed by atoms with van der Waals surface area (Å²) >= 11 is -1.81. The van der Waals surface area contributed by atoms with Crippen molar-refractivity contribution in [1.82, 2.24) is 9.62 Å². The first kappa shape index (κ1) is 27.6. The quantitative estimate of drug-likeness (QED) is 0.301. The first-order valence-electron chi connectivity index (χ1n) is 11.7. The van der Waals surface area contributed by atoms with Crippen LogP contribution in [0.4, 0.5) is 17.6 Å². The minimum Gasteiger partial charge on any atom is -0.590 e. The molecule has 2 unspecified atom stereocenters. The molecule has 0 aliphatic carbocycles. The minimum absolute atomic E-state index is 0.0969. The number of likely N-dealkylation sites (N-methyl/N-ethyl adjacent to an activating group) is 1. The Morgan fingerprint density at radius 1 is 1.21 bits per heavy atom. The van der Waals surface area contributed by atoms with E-state index in [1.807, 2.05) is 6.08 Å². The third-order valence-corrected chi connectivity index (χ3v) is 7.49. The summed E-state index contributed by atoms with van der Waals surface area (Å²) in [7, 11) is 1.52. The molecule has 11 heteroatoms. The number of carbonyl (C=O) groups is 1. The Morgan fingerprint density at radius 3 is 2.66 bits per heavy atom. The number of carbonyl (C=O) groups excluding carboxylic acids is 1. The van der Waals surface area contributed by atoms with E-state index in [0.717, 1.165) is 17.7 Å². The van der Waals surface area contributed by atoms with Gasteiger partial charge >= 0.3 is 11.3 Å². The second-order valence-corrected chi connectivity index (χ2v) is 10.2. The van der Waals surface area contributed by atoms with E-state index in [-0.39, 0.29) is 17.5 Å². The third-order valence-electron chi connectivity index (χ3n) is 6.10. The lowest BCUT2D eigenvalue weighted by molar-refractivity contribution is -0.137. The van der Waals surface area contributed by atoms with Crippen molar-refractivity contribution in [2.24, 2.45) is 4.99 Å². The maximum absolute atomic E-state index is 13.5. The molecule has 1 aliphatic rings. The Bertz CT molecular complexity index is 1400. The number of rotatable bonds is 7. The summed E-state index contributed by atoms with van der Waals surface area (Å²) in [6, 6.07) is 9.38. The fourth-order valence-electron chi connectivity index (χ4n) is 3.78. The molecule has 0 saturated carbocycles. The van der Waals surface area contributed by atoms with Crippen LogP contribution in [0.3, 0.4) is 0 Å². The predicted molar refractivity (Wildman–Crippen MR) is 137 cm³/mol. The van der Waals surface area contributed by atoms with Crippen LogP contribution < -0.4 is 5.32 Å². The van der Waals surface area contributed by atoms with Crippen molar-refractivity contribution in [3.8, 4) is 0 Å². The molecule has 3 aromatic rings. The van der Waals surface area contributed by atoms with Crippen LogP contribution in [0, 0.1) is 5.82 Å². The Balaban J connectivity index is 1.42. The van der Waals surface area contributed by atoms with Gasteiger partial charge in [-0.25, -0.2) is 4.39 Å². The van der Waals surface area contributed by atoms with E-state index in [1.165, 1.54) is 47.8 Å². The Hall–Kier alpha value is -3.41. The molecule has 200 valence electrons. The predicted octanol–water partition coefficient (Wildman–Crippen LogP) is 5.77. The highest BCUT2D eigenvalue weighted by atomic mass is 32.2. The van der Waals surface area contributed by atoms with Gasteiger partial charge in [0.05, 0.1) is 11.3 Å². The molecule has 0 bridgehead atoms. The van der Waals surface area contributed by atoms with Crippen LogP contribution in [0.2, 0.25) is 0 Å². The van der Waals surface area contributed by atoms with Crippen LogP contribution in [0.1, 0.15) is 30.9 Å². The third kappa shape index (κ3) is 6.53. The number of alkyl halides is 3. The molecule has 2 aromatic carbocycles. The van der Waals surface area contributed by atoms with Gasteiger partial charge in [0.1, 0.15) is 28.8 Å². The molecule has 1 aromatic heterocycles. The van der Waals surface area contributed by atoms with Crippen LogP contribution in [0.25, 0.3) is 11.0 Å². The average Bonchev–Trinajstić information content (AvgIpc) is 3.29. The highest BCUT2D eigenvalue weighted by molar-refractivity contribution is 7.89. The Labute approximate surface area is 220 Å². The van der Waals surface area contributed by atoms with E-state index in [4.69, 9.17) is 4.42 Å². The first-order chi connectivity index (χ1) is 18.0. The summed E-state index contributed by atoms with van der Waals surface area (Å²) in [6.07, 6.45) is 2.07. The molecule has 6 nitrogen and oxygen atoms in total. The number of fused-ring (bicyclic) bond motifs is 1. The van der Waals surface area contributed by atoms with Crippen LogP contribution in [0.15, 0.2) is 87.0 Å². The molecule has 38 heavy (non-hydrogen) atoms. The number of furan rings is 1. The second-order valence-electron chi connectivity index (χ2n) is 8.75. The number of benzene rings is 2. The zero-order valence-corrected chi connectivity index (χ0v) is 21.4. The topological polar surface area (TPSA) is 80.9 Å². The average molecular weight is 548 g/mol. The van der Waals surface area contributed by atoms with Gasteiger partial charge in [0.15, 0.2) is 0 Å². The molecule has 1 N–H and O–H groups in total. The number of hydrogen-bond acceptors (Lipinski definition) is 5. The normalized spacial score (nSPS) is 19.6. The van der Waals surface area contributed by atoms with Crippen molar-refractivity contribution in [3.63, 3.8) is 0 Å². The van der Waals surface area contributed by atoms with E-state index in [2.05, 4.69) is 10.3 Å². The van der Waals surface area contributed by atoms with Gasteiger partial charge in [-0.1, -0.05) is 18.2 Å². The molecule has 2 atom stereocenters. The summed E-state index contributed by atoms with van der Waals surface area (Å²) in [5.41, 5.74) is 1.46. The van der Waals surface area contributed by atoms with Gasteiger partial charge in [-0.05, 0) is 61.7 Å². The Kier molecular flexibility index (Phi) is 8.39. The first-order valence-corrected chi connectivity index (χ1v) is 12.8. The molecule has 4 rings (SSSR count). The maximum Gasteiger partial charge on any atom is 0.416 e. The lowest BCUT2D eigenvalue weighted by Crippen LogP contribution is -2.46. The SMILES string of the molecule is CC(C(=O)NC/C1=C/C(c2ccc(C(F)(F)F)cc2)=N\C=C/CC1)N(C)[S+]([O-])c1cc2cc(F)ccc2o1. The molecule has 2 heterocycles. The lowest BCUT2D eigenvalue weighted by atomic mass is 10.0. The standard InChI is InChI=1S/C27H25F4N3O3S/c1-17(34(2)38(36)25-15-20-14-22(28)10-11-24(20)37-25)26(35)33-16-18-5-3-4-12-32-23(13-18)19-6-8-21(9-7-19)27(29,30)31/h4,6-15,17H,3,5,16H2,1-2H3,(H,33,35)/b12-4-,18-13+,32-23+. The van der Waals surface area contributed by atoms with E-state index < -0.39 is 35.0 Å². The van der Waals surface area contributed by atoms with Gasteiger partial charge in [0.2, 0.25) is 5.91 Å². The van der Waals surface area contributed by atoms with Crippen LogP contribution in [0.5, 0.6) is 0 Å². The highest BCUT2D eigenvalue weighted by Crippen LogP contribution is 2.29. The van der Waals surface area contributed by atoms with Gasteiger partial charge in [-0.15, -0.1) is 4.31 Å². The van der Waals surface area contributed by atoms with Gasteiger partial charge in [-0.2, -0.15) is 13.2 Å². The van der Waals surface area contributed by atoms with Crippen molar-refractivity contribution in [2.45, 2.75) is 37.1 Å². The summed E-state index contributed by atoms with van der Waals surface area (Å²) in [6.45, 7) is 1.78. The number of nitrogens with one attached hydrogen (secondary N) is 1. The molecule has 0 saturated heterocycles. The summed E-state index contributed by atoms with van der Waals surface area (Å²) in [4.78, 5) is 17.2. The molecule has 0 spiro atoms. The van der Waals surface area contributed by atoms with Crippen molar-refractivity contribution < 1.29 is 31.3 Å². The second kappa shape index (κ2) is 11.5. The lowest BCUT2D eigenvalue weighted by Gasteiger charge is -2.23. The largest absolute Gasteiger partial charge is 0.590 e. The smallest absolute Gasteiger partial charge is 0.416 e. The van der Waals surface area contributed by atoms with Crippen LogP contribution in [-0.2, 0) is 22.3 Å². The van der Waals surface area contributed by atoms with Crippen molar-refractivity contribution >= 4 is 34.0 Å². The Morgan fingerprint density at radius 2 is 1.95 bits per heavy atom. The molecule has 0 radical (unpaired) electrons. The maximum atomic E-state index is 13.5. The van der Waals surface area contributed by atoms with E-state index in [1.54, 1.807) is 19.2 Å². The fourth-order valence-corrected chi connectivity index (χ4v) is 4.84. The highest BCUT2D eigenvalue weighted by Gasteiger charge is 2.32. The summed E-state index contributed by atoms with van der Waals surface area (Å²) in [5.74, 6) is -0.822. The van der Waals surface area contributed by atoms with Crippen LogP contribution in [-0.4, -0.2) is 40.1 Å². The number of amides is 1. The number of allylic oxidation sites excluding steroid dienone is 2. The molecular weight excluding hydrogens is 522 g/mol. The number of aliphatic imine (C=N–C) groups is 1. The molecule has 0 fully saturated rings. The zero-order chi connectivity index (χ0) is 27.4. The summed E-state index contributed by atoms with van der Waals surface area (Å²) < 4.78 is 72.1. The zero-order valence-electron chi connectivity index (χ0n) is 20.6. The number of hydrogen-bond donors (Lipinski definition) is 1. The molecular formula is C27H25F4N3O3S. The fraction of sp³-hybridized carbons (Fsp3) is 0.259. The molecule has 1 aliphatic heterocycles. The van der Waals surface area contributed by atoms with Gasteiger partial charge in [0, 0.05) is 36.8 Å². The monoisotopic (exact) mass is 547 g/mol. The van der Waals surface area contributed by atoms with Crippen molar-refractivity contribution in [1.29, 1.82) is 0 Å². The molecule has 1 amide bonds. The summed E-state index contributed by atoms with van der Waals surface area (Å²) in [5, 5.41) is 3.40. The van der Waals surface area contributed by atoms with E-state index >= 15 is 0 Å². The van der Waals surface area contributed by atoms with E-state index in [9.17, 15) is 26.9 Å². The van der Waals surface area contributed by atoms with E-state index in [0.29, 0.717) is 35.1 Å². The minimum atomic E-state index is -4.43. The van der Waals surface area contributed by atoms with Gasteiger partial charge in [0.25, 0.3) is 0 Å². The van der Waals surface area contributed by atoms with Crippen LogP contribution >= 0.6 is 0 Å². The number of nitrogens with zero attached hydrogens (tertiary/aromatic N) is 2. The van der Waals surface area contributed by atoms with Crippen molar-refractivity contribution in [2.75, 3.05) is 13.6 Å². The van der Waals surface area contributed by atoms with Gasteiger partial charge in [-0.3, -0.25) is 9.79 Å². The van der Waals surface area contributed by atoms with Gasteiger partial charge < -0.3 is 14.3 Å². The van der Waals surface area contributed by atoms with Crippen molar-refractivity contribution in [3.05, 3.63) is 89.4 Å².